The Morgan fingerprint density at radius 3 is 2.59 bits per heavy atom. The number of halogens is 1. The largest absolute Gasteiger partial charge is 0.325 e. The Kier molecular flexibility index (Phi) is 5.46. The highest BCUT2D eigenvalue weighted by Gasteiger charge is 2.27. The molecule has 0 radical (unpaired) electrons. The summed E-state index contributed by atoms with van der Waals surface area (Å²) in [6, 6.07) is 12.5. The maximum absolute atomic E-state index is 12.9. The van der Waals surface area contributed by atoms with Gasteiger partial charge in [-0.05, 0) is 43.4 Å². The van der Waals surface area contributed by atoms with Crippen LogP contribution in [-0.2, 0) is 14.4 Å². The summed E-state index contributed by atoms with van der Waals surface area (Å²) in [6.45, 7) is -0.116. The smallest absolute Gasteiger partial charge is 0.244 e. The fourth-order valence-electron chi connectivity index (χ4n) is 2.81. The number of para-hydroxylation sites is 2. The molecule has 0 unspecified atom stereocenters. The van der Waals surface area contributed by atoms with Crippen molar-refractivity contribution in [3.8, 4) is 0 Å². The van der Waals surface area contributed by atoms with E-state index in [9.17, 15) is 18.8 Å². The van der Waals surface area contributed by atoms with Gasteiger partial charge in [0.1, 0.15) is 12.4 Å². The van der Waals surface area contributed by atoms with Crippen molar-refractivity contribution in [2.75, 3.05) is 42.2 Å². The minimum atomic E-state index is -0.387. The van der Waals surface area contributed by atoms with Gasteiger partial charge in [0.05, 0.1) is 24.5 Å². The van der Waals surface area contributed by atoms with Gasteiger partial charge in [-0.2, -0.15) is 0 Å². The molecule has 3 amide bonds. The Morgan fingerprint density at radius 2 is 1.85 bits per heavy atom. The maximum Gasteiger partial charge on any atom is 0.244 e. The number of carbonyl (C=O) groups excluding carboxylic acids is 3. The normalized spacial score (nSPS) is 13.1. The van der Waals surface area contributed by atoms with Gasteiger partial charge in [-0.15, -0.1) is 0 Å². The van der Waals surface area contributed by atoms with Gasteiger partial charge in [0.15, 0.2) is 0 Å². The molecule has 0 bridgehead atoms. The van der Waals surface area contributed by atoms with Gasteiger partial charge in [0, 0.05) is 5.69 Å². The van der Waals surface area contributed by atoms with Crippen LogP contribution >= 0.6 is 0 Å². The summed E-state index contributed by atoms with van der Waals surface area (Å²) in [6.07, 6.45) is 0. The number of nitrogens with one attached hydrogen (secondary N) is 2. The van der Waals surface area contributed by atoms with E-state index in [-0.39, 0.29) is 43.2 Å². The van der Waals surface area contributed by atoms with Crippen molar-refractivity contribution < 1.29 is 18.8 Å². The van der Waals surface area contributed by atoms with Crippen LogP contribution < -0.4 is 15.5 Å². The van der Waals surface area contributed by atoms with Crippen molar-refractivity contribution in [2.24, 2.45) is 0 Å². The molecule has 8 heteroatoms. The van der Waals surface area contributed by atoms with Crippen molar-refractivity contribution in [2.45, 2.75) is 0 Å². The summed E-state index contributed by atoms with van der Waals surface area (Å²) < 4.78 is 12.9. The van der Waals surface area contributed by atoms with E-state index < -0.39 is 0 Å². The molecule has 1 aliphatic rings. The number of benzene rings is 2. The van der Waals surface area contributed by atoms with Crippen LogP contribution in [0.25, 0.3) is 0 Å². The number of hydrogen-bond acceptors (Lipinski definition) is 4. The minimum Gasteiger partial charge on any atom is -0.325 e. The number of rotatable bonds is 5. The second kappa shape index (κ2) is 7.96. The zero-order valence-electron chi connectivity index (χ0n) is 14.7. The van der Waals surface area contributed by atoms with Crippen LogP contribution in [0.15, 0.2) is 48.5 Å². The predicted octanol–water partition coefficient (Wildman–Crippen LogP) is 1.68. The molecular formula is C19H19FN4O3. The number of anilines is 3. The number of likely N-dealkylation sites (N-methyl/N-ethyl adjacent to an activating group) is 1. The van der Waals surface area contributed by atoms with Gasteiger partial charge in [-0.1, -0.05) is 12.1 Å². The van der Waals surface area contributed by atoms with E-state index in [0.717, 1.165) is 0 Å². The molecule has 0 saturated carbocycles. The maximum atomic E-state index is 12.9. The Hall–Kier alpha value is -3.26. The Bertz CT molecular complexity index is 870. The molecule has 7 nitrogen and oxygen atoms in total. The van der Waals surface area contributed by atoms with Crippen LogP contribution in [0.2, 0.25) is 0 Å². The van der Waals surface area contributed by atoms with E-state index in [0.29, 0.717) is 17.1 Å². The summed E-state index contributed by atoms with van der Waals surface area (Å²) >= 11 is 0. The summed E-state index contributed by atoms with van der Waals surface area (Å²) in [5, 5.41) is 5.36. The van der Waals surface area contributed by atoms with Gasteiger partial charge in [0.2, 0.25) is 17.7 Å². The molecule has 0 atom stereocenters. The molecule has 0 aliphatic carbocycles. The molecule has 2 aromatic carbocycles. The van der Waals surface area contributed by atoms with Crippen LogP contribution in [0.4, 0.5) is 21.5 Å². The fraction of sp³-hybridized carbons (Fsp3) is 0.211. The standard InChI is InChI=1S/C19H19FN4O3/c1-23(10-17(25)21-14-8-6-13(20)7-9-14)12-19(27)24-11-18(26)22-15-4-2-3-5-16(15)24/h2-9H,10-12H2,1H3,(H,21,25)(H,22,26). The number of nitrogens with zero attached hydrogens (tertiary/aromatic N) is 2. The molecule has 0 aromatic heterocycles. The molecule has 0 spiro atoms. The first-order valence-electron chi connectivity index (χ1n) is 8.35. The van der Waals surface area contributed by atoms with Crippen LogP contribution in [0, 0.1) is 5.82 Å². The minimum absolute atomic E-state index is 0.0230. The summed E-state index contributed by atoms with van der Waals surface area (Å²) in [7, 11) is 1.64. The molecule has 3 rings (SSSR count). The van der Waals surface area contributed by atoms with Crippen molar-refractivity contribution in [1.82, 2.24) is 4.90 Å². The first-order chi connectivity index (χ1) is 12.9. The molecule has 0 fully saturated rings. The lowest BCUT2D eigenvalue weighted by Crippen LogP contribution is -2.47. The predicted molar refractivity (Wildman–Crippen MR) is 100.0 cm³/mol. The first kappa shape index (κ1) is 18.5. The van der Waals surface area contributed by atoms with E-state index in [1.807, 2.05) is 0 Å². The highest BCUT2D eigenvalue weighted by molar-refractivity contribution is 6.10. The first-order valence-corrected chi connectivity index (χ1v) is 8.35. The van der Waals surface area contributed by atoms with Gasteiger partial charge < -0.3 is 10.6 Å². The number of carbonyl (C=O) groups is 3. The second-order valence-electron chi connectivity index (χ2n) is 6.27. The third kappa shape index (κ3) is 4.68. The average molecular weight is 370 g/mol. The molecule has 2 aromatic rings. The van der Waals surface area contributed by atoms with Crippen molar-refractivity contribution in [1.29, 1.82) is 0 Å². The van der Waals surface area contributed by atoms with Crippen LogP contribution in [0.5, 0.6) is 0 Å². The number of hydrogen-bond donors (Lipinski definition) is 2. The third-order valence-corrected chi connectivity index (χ3v) is 4.02. The molecule has 1 heterocycles. The van der Waals surface area contributed by atoms with Gasteiger partial charge in [-0.25, -0.2) is 4.39 Å². The molecule has 1 aliphatic heterocycles. The van der Waals surface area contributed by atoms with E-state index in [2.05, 4.69) is 10.6 Å². The lowest BCUT2D eigenvalue weighted by atomic mass is 10.2. The lowest BCUT2D eigenvalue weighted by Gasteiger charge is -2.30. The third-order valence-electron chi connectivity index (χ3n) is 4.02. The zero-order chi connectivity index (χ0) is 19.4. The molecular weight excluding hydrogens is 351 g/mol. The second-order valence-corrected chi connectivity index (χ2v) is 6.27. The van der Waals surface area contributed by atoms with E-state index in [1.54, 1.807) is 36.2 Å². The Balaban J connectivity index is 1.58. The number of amides is 3. The van der Waals surface area contributed by atoms with Crippen LogP contribution in [-0.4, -0.2) is 49.3 Å². The molecule has 27 heavy (non-hydrogen) atoms. The van der Waals surface area contributed by atoms with E-state index in [4.69, 9.17) is 0 Å². The van der Waals surface area contributed by atoms with E-state index >= 15 is 0 Å². The Morgan fingerprint density at radius 1 is 1.15 bits per heavy atom. The highest BCUT2D eigenvalue weighted by Crippen LogP contribution is 2.28. The summed E-state index contributed by atoms with van der Waals surface area (Å²) in [4.78, 5) is 39.5. The monoisotopic (exact) mass is 370 g/mol. The van der Waals surface area contributed by atoms with Crippen molar-refractivity contribution in [3.63, 3.8) is 0 Å². The fourth-order valence-corrected chi connectivity index (χ4v) is 2.81. The summed E-state index contributed by atoms with van der Waals surface area (Å²) in [5.41, 5.74) is 1.69. The van der Waals surface area contributed by atoms with E-state index in [1.165, 1.54) is 29.2 Å². The average Bonchev–Trinajstić information content (AvgIpc) is 2.62. The highest BCUT2D eigenvalue weighted by atomic mass is 19.1. The van der Waals surface area contributed by atoms with Crippen LogP contribution in [0.3, 0.4) is 0 Å². The Labute approximate surface area is 155 Å². The summed E-state index contributed by atoms with van der Waals surface area (Å²) in [5.74, 6) is -1.26. The zero-order valence-corrected chi connectivity index (χ0v) is 14.7. The molecule has 0 saturated heterocycles. The van der Waals surface area contributed by atoms with Crippen molar-refractivity contribution >= 4 is 34.8 Å². The molecule has 140 valence electrons. The topological polar surface area (TPSA) is 81.8 Å². The number of fused-ring (bicyclic) bond motifs is 1. The quantitative estimate of drug-likeness (QED) is 0.839. The van der Waals surface area contributed by atoms with Gasteiger partial charge in [0.25, 0.3) is 0 Å². The lowest BCUT2D eigenvalue weighted by molar-refractivity contribution is -0.123. The van der Waals surface area contributed by atoms with Crippen LogP contribution in [0.1, 0.15) is 0 Å². The van der Waals surface area contributed by atoms with Gasteiger partial charge in [-0.3, -0.25) is 24.2 Å². The van der Waals surface area contributed by atoms with Gasteiger partial charge >= 0.3 is 0 Å². The van der Waals surface area contributed by atoms with Crippen molar-refractivity contribution in [3.05, 3.63) is 54.3 Å². The molecule has 2 N–H and O–H groups in total. The SMILES string of the molecule is CN(CC(=O)Nc1ccc(F)cc1)CC(=O)N1CC(=O)Nc2ccccc21.